The van der Waals surface area contributed by atoms with Crippen LogP contribution < -0.4 is 16.0 Å². The molecule has 0 fully saturated rings. The van der Waals surface area contributed by atoms with Crippen LogP contribution >= 0.6 is 23.2 Å². The van der Waals surface area contributed by atoms with Gasteiger partial charge in [0, 0.05) is 35.5 Å². The van der Waals surface area contributed by atoms with Crippen LogP contribution in [0, 0.1) is 18.3 Å². The van der Waals surface area contributed by atoms with Gasteiger partial charge < -0.3 is 19.8 Å². The van der Waals surface area contributed by atoms with Gasteiger partial charge in [-0.25, -0.2) is 0 Å². The molecule has 0 radical (unpaired) electrons. The molecule has 0 unspecified atom stereocenters. The minimum absolute atomic E-state index is 0.0468. The second kappa shape index (κ2) is 7.65. The molecule has 0 saturated carbocycles. The fourth-order valence-electron chi connectivity index (χ4n) is 3.19. The first kappa shape index (κ1) is 19.3. The Kier molecular flexibility index (Phi) is 5.47. The van der Waals surface area contributed by atoms with Gasteiger partial charge in [-0.15, -0.1) is 0 Å². The lowest BCUT2D eigenvalue weighted by atomic mass is 9.84. The van der Waals surface area contributed by atoms with E-state index in [1.165, 1.54) is 0 Å². The van der Waals surface area contributed by atoms with Crippen LogP contribution in [-0.2, 0) is 11.3 Å². The van der Waals surface area contributed by atoms with Crippen LogP contribution in [0.3, 0.4) is 0 Å². The zero-order chi connectivity index (χ0) is 19.7. The summed E-state index contributed by atoms with van der Waals surface area (Å²) < 4.78 is 12.3. The summed E-state index contributed by atoms with van der Waals surface area (Å²) in [5.41, 5.74) is 7.39. The monoisotopic (exact) mass is 405 g/mol. The number of rotatable bonds is 4. The molecule has 0 bridgehead atoms. The number of nitrogens with zero attached hydrogens (tertiary/aromatic N) is 2. The zero-order valence-corrected chi connectivity index (χ0v) is 16.3. The number of benzene rings is 1. The Morgan fingerprint density at radius 1 is 1.37 bits per heavy atom. The number of allylic oxidation sites excluding steroid dienone is 1. The average molecular weight is 406 g/mol. The Morgan fingerprint density at radius 3 is 2.74 bits per heavy atom. The van der Waals surface area contributed by atoms with Crippen molar-refractivity contribution in [1.29, 1.82) is 5.26 Å². The van der Waals surface area contributed by atoms with Crippen molar-refractivity contribution in [2.75, 3.05) is 13.7 Å². The Morgan fingerprint density at radius 2 is 2.11 bits per heavy atom. The first-order valence-corrected chi connectivity index (χ1v) is 8.90. The van der Waals surface area contributed by atoms with Crippen LogP contribution in [0.15, 0.2) is 40.5 Å². The molecule has 27 heavy (non-hydrogen) atoms. The second-order valence-corrected chi connectivity index (χ2v) is 6.95. The third-order valence-corrected chi connectivity index (χ3v) is 5.04. The van der Waals surface area contributed by atoms with E-state index in [0.29, 0.717) is 45.8 Å². The number of methoxy groups -OCH3 is 1. The molecule has 1 aliphatic heterocycles. The van der Waals surface area contributed by atoms with E-state index in [9.17, 15) is 10.1 Å². The van der Waals surface area contributed by atoms with Gasteiger partial charge in [-0.05, 0) is 24.6 Å². The summed E-state index contributed by atoms with van der Waals surface area (Å²) in [6.07, 6.45) is 0. The third-order valence-electron chi connectivity index (χ3n) is 4.48. The first-order chi connectivity index (χ1) is 12.9. The predicted octanol–water partition coefficient (Wildman–Crippen LogP) is 3.33. The van der Waals surface area contributed by atoms with Crippen LogP contribution in [-0.4, -0.2) is 18.3 Å². The maximum absolute atomic E-state index is 13.3. The largest absolute Gasteiger partial charge is 0.440 e. The molecule has 2 aromatic rings. The SMILES string of the molecule is COCCn1c(C)cc2c(c1=O)[C@H](c1ccc(Cl)cc1Cl)C(C#N)=C(N)O2. The number of aromatic nitrogens is 1. The number of aryl methyl sites for hydroxylation is 1. The Labute approximate surface area is 166 Å². The molecule has 1 aromatic carbocycles. The summed E-state index contributed by atoms with van der Waals surface area (Å²) in [6, 6.07) is 8.69. The maximum Gasteiger partial charge on any atom is 0.258 e. The third kappa shape index (κ3) is 3.42. The van der Waals surface area contributed by atoms with E-state index in [1.54, 1.807) is 42.9 Å². The Balaban J connectivity index is 2.30. The van der Waals surface area contributed by atoms with Gasteiger partial charge in [0.05, 0.1) is 18.1 Å². The molecule has 1 aromatic heterocycles. The normalized spacial score (nSPS) is 15.9. The molecule has 8 heteroatoms. The highest BCUT2D eigenvalue weighted by atomic mass is 35.5. The lowest BCUT2D eigenvalue weighted by Gasteiger charge is -2.28. The number of fused-ring (bicyclic) bond motifs is 1. The molecule has 0 saturated heterocycles. The zero-order valence-electron chi connectivity index (χ0n) is 14.8. The van der Waals surface area contributed by atoms with Crippen molar-refractivity contribution in [3.05, 3.63) is 72.9 Å². The average Bonchev–Trinajstić information content (AvgIpc) is 2.60. The van der Waals surface area contributed by atoms with Gasteiger partial charge in [0.2, 0.25) is 5.88 Å². The smallest absolute Gasteiger partial charge is 0.258 e. The highest BCUT2D eigenvalue weighted by Gasteiger charge is 2.35. The van der Waals surface area contributed by atoms with Crippen molar-refractivity contribution in [1.82, 2.24) is 4.57 Å². The quantitative estimate of drug-likeness (QED) is 0.841. The van der Waals surface area contributed by atoms with E-state index in [2.05, 4.69) is 6.07 Å². The topological polar surface area (TPSA) is 90.3 Å². The summed E-state index contributed by atoms with van der Waals surface area (Å²) in [6.45, 7) is 2.54. The number of nitrogens with two attached hydrogens (primary N) is 1. The van der Waals surface area contributed by atoms with E-state index in [0.717, 1.165) is 0 Å². The fourth-order valence-corrected chi connectivity index (χ4v) is 3.71. The second-order valence-electron chi connectivity index (χ2n) is 6.10. The van der Waals surface area contributed by atoms with E-state index in [4.69, 9.17) is 38.4 Å². The van der Waals surface area contributed by atoms with Gasteiger partial charge >= 0.3 is 0 Å². The molecule has 1 aliphatic rings. The molecule has 6 nitrogen and oxygen atoms in total. The Bertz CT molecular complexity index is 1040. The molecule has 2 N–H and O–H groups in total. The summed E-state index contributed by atoms with van der Waals surface area (Å²) in [5, 5.41) is 10.4. The Hall–Kier alpha value is -2.46. The maximum atomic E-state index is 13.3. The van der Waals surface area contributed by atoms with Gasteiger partial charge in [0.25, 0.3) is 5.56 Å². The minimum Gasteiger partial charge on any atom is -0.440 e. The molecule has 2 heterocycles. The number of hydrogen-bond donors (Lipinski definition) is 1. The van der Waals surface area contributed by atoms with Crippen LogP contribution in [0.2, 0.25) is 10.0 Å². The minimum atomic E-state index is -0.745. The standard InChI is InChI=1S/C19H17Cl2N3O3/c1-10-7-15-17(19(25)24(10)5-6-26-2)16(13(9-22)18(23)27-15)12-4-3-11(20)8-14(12)21/h3-4,7-8,16H,5-6,23H2,1-2H3/t16-/m1/s1. The van der Waals surface area contributed by atoms with Gasteiger partial charge in [-0.3, -0.25) is 4.79 Å². The van der Waals surface area contributed by atoms with E-state index in [1.807, 2.05) is 0 Å². The van der Waals surface area contributed by atoms with E-state index in [-0.39, 0.29) is 17.0 Å². The molecular weight excluding hydrogens is 389 g/mol. The van der Waals surface area contributed by atoms with Crippen LogP contribution in [0.4, 0.5) is 0 Å². The molecule has 0 amide bonds. The van der Waals surface area contributed by atoms with Gasteiger partial charge in [0.15, 0.2) is 0 Å². The van der Waals surface area contributed by atoms with Crippen molar-refractivity contribution in [2.45, 2.75) is 19.4 Å². The summed E-state index contributed by atoms with van der Waals surface area (Å²) in [5.74, 6) is -0.474. The van der Waals surface area contributed by atoms with Crippen molar-refractivity contribution in [3.8, 4) is 11.8 Å². The van der Waals surface area contributed by atoms with Crippen LogP contribution in [0.1, 0.15) is 22.7 Å². The number of ether oxygens (including phenoxy) is 2. The van der Waals surface area contributed by atoms with Crippen molar-refractivity contribution < 1.29 is 9.47 Å². The molecule has 0 aliphatic carbocycles. The summed E-state index contributed by atoms with van der Waals surface area (Å²) in [4.78, 5) is 13.3. The summed E-state index contributed by atoms with van der Waals surface area (Å²) in [7, 11) is 1.56. The molecule has 1 atom stereocenters. The number of halogens is 2. The highest BCUT2D eigenvalue weighted by molar-refractivity contribution is 6.35. The molecular formula is C19H17Cl2N3O3. The number of hydrogen-bond acceptors (Lipinski definition) is 5. The number of pyridine rings is 1. The van der Waals surface area contributed by atoms with Crippen molar-refractivity contribution in [2.24, 2.45) is 5.73 Å². The lowest BCUT2D eigenvalue weighted by molar-refractivity contribution is 0.185. The van der Waals surface area contributed by atoms with Gasteiger partial charge in [-0.1, -0.05) is 29.3 Å². The summed E-state index contributed by atoms with van der Waals surface area (Å²) >= 11 is 12.4. The molecule has 3 rings (SSSR count). The predicted molar refractivity (Wildman–Crippen MR) is 103 cm³/mol. The molecule has 0 spiro atoms. The van der Waals surface area contributed by atoms with Crippen molar-refractivity contribution in [3.63, 3.8) is 0 Å². The van der Waals surface area contributed by atoms with E-state index >= 15 is 0 Å². The van der Waals surface area contributed by atoms with E-state index < -0.39 is 5.92 Å². The highest BCUT2D eigenvalue weighted by Crippen LogP contribution is 2.43. The molecule has 140 valence electrons. The fraction of sp³-hybridized carbons (Fsp3) is 0.263. The lowest BCUT2D eigenvalue weighted by Crippen LogP contribution is -2.33. The first-order valence-electron chi connectivity index (χ1n) is 8.14. The van der Waals surface area contributed by atoms with Crippen LogP contribution in [0.25, 0.3) is 0 Å². The van der Waals surface area contributed by atoms with Crippen molar-refractivity contribution >= 4 is 23.2 Å². The van der Waals surface area contributed by atoms with Gasteiger partial charge in [-0.2, -0.15) is 5.26 Å². The van der Waals surface area contributed by atoms with Crippen LogP contribution in [0.5, 0.6) is 5.75 Å². The number of nitriles is 1. The van der Waals surface area contributed by atoms with Gasteiger partial charge in [0.1, 0.15) is 17.4 Å².